The van der Waals surface area contributed by atoms with Crippen LogP contribution in [-0.4, -0.2) is 32.1 Å². The molecule has 4 rings (SSSR count). The molecule has 0 saturated heterocycles. The summed E-state index contributed by atoms with van der Waals surface area (Å²) in [6, 6.07) is 2.37. The van der Waals surface area contributed by atoms with E-state index >= 15 is 0 Å². The average Bonchev–Trinajstić information content (AvgIpc) is 2.84. The Hall–Kier alpha value is -2.30. The summed E-state index contributed by atoms with van der Waals surface area (Å²) in [5.41, 5.74) is 9.83. The van der Waals surface area contributed by atoms with Crippen molar-refractivity contribution in [2.45, 2.75) is 113 Å². The number of hydrogen-bond acceptors (Lipinski definition) is 4. The number of carbonyl (C=O) groups is 2. The maximum Gasteiger partial charge on any atom is 0.190 e. The van der Waals surface area contributed by atoms with Crippen molar-refractivity contribution in [1.29, 1.82) is 0 Å². The van der Waals surface area contributed by atoms with E-state index < -0.39 is 5.41 Å². The third-order valence-electron chi connectivity index (χ3n) is 10.9. The molecule has 0 amide bonds. The van der Waals surface area contributed by atoms with Gasteiger partial charge in [0.05, 0.1) is 0 Å². The quantitative estimate of drug-likeness (QED) is 0.307. The Morgan fingerprint density at radius 2 is 1.70 bits per heavy atom. The van der Waals surface area contributed by atoms with Gasteiger partial charge >= 0.3 is 0 Å². The van der Waals surface area contributed by atoms with Crippen LogP contribution in [0.2, 0.25) is 0 Å². The van der Waals surface area contributed by atoms with Crippen LogP contribution in [0.4, 0.5) is 0 Å². The maximum atomic E-state index is 14.8. The molecule has 0 saturated carbocycles. The van der Waals surface area contributed by atoms with Gasteiger partial charge in [-0.1, -0.05) is 58.4 Å². The van der Waals surface area contributed by atoms with Crippen molar-refractivity contribution < 1.29 is 19.1 Å². The minimum absolute atomic E-state index is 0.0727. The molecular weight excluding hydrogens is 496 g/mol. The molecule has 3 aliphatic carbocycles. The van der Waals surface area contributed by atoms with Gasteiger partial charge in [-0.15, -0.1) is 0 Å². The molecule has 0 radical (unpaired) electrons. The minimum Gasteiger partial charge on any atom is -0.356 e. The fraction of sp³-hybridized carbons (Fsp3) is 0.611. The van der Waals surface area contributed by atoms with Crippen molar-refractivity contribution in [2.24, 2.45) is 16.2 Å². The van der Waals surface area contributed by atoms with Crippen molar-refractivity contribution in [3.05, 3.63) is 68.3 Å². The van der Waals surface area contributed by atoms with Crippen LogP contribution in [0.3, 0.4) is 0 Å². The first kappa shape index (κ1) is 30.7. The van der Waals surface area contributed by atoms with E-state index in [1.807, 2.05) is 0 Å². The Balaban J connectivity index is 1.89. The van der Waals surface area contributed by atoms with Crippen LogP contribution in [0.1, 0.15) is 120 Å². The highest BCUT2D eigenvalue weighted by molar-refractivity contribution is 6.14. The van der Waals surface area contributed by atoms with Gasteiger partial charge in [0.1, 0.15) is 0 Å². The largest absolute Gasteiger partial charge is 0.356 e. The van der Waals surface area contributed by atoms with E-state index in [4.69, 9.17) is 9.47 Å². The number of fused-ring (bicyclic) bond motifs is 3. The molecule has 0 fully saturated rings. The number of benzene rings is 1. The van der Waals surface area contributed by atoms with Crippen molar-refractivity contribution in [2.75, 3.05) is 14.2 Å². The lowest BCUT2D eigenvalue weighted by molar-refractivity contribution is -0.113. The van der Waals surface area contributed by atoms with Gasteiger partial charge in [-0.2, -0.15) is 0 Å². The molecule has 1 aromatic rings. The summed E-state index contributed by atoms with van der Waals surface area (Å²) in [6.07, 6.45) is 5.00. The lowest BCUT2D eigenvalue weighted by Crippen LogP contribution is -2.54. The number of ether oxygens (including phenoxy) is 2. The summed E-state index contributed by atoms with van der Waals surface area (Å²) < 4.78 is 10.8. The van der Waals surface area contributed by atoms with Gasteiger partial charge in [-0.3, -0.25) is 9.59 Å². The van der Waals surface area contributed by atoms with Crippen LogP contribution in [0.5, 0.6) is 0 Å². The first-order chi connectivity index (χ1) is 18.6. The Kier molecular flexibility index (Phi) is 8.06. The summed E-state index contributed by atoms with van der Waals surface area (Å²) >= 11 is 0. The monoisotopic (exact) mass is 546 g/mol. The fourth-order valence-corrected chi connectivity index (χ4v) is 8.89. The minimum atomic E-state index is -0.447. The standard InChI is InChI=1S/C36H50O4/c1-20(2)27-16-26(14-13-15-29(39-11)40-12)22(4)31-28(27)18-34(8)19-35(9)17-21(3)30(25(7)37)23(5)36(35,10)24(6)32(34)33(31)38/h16,20,29H,5,13-15,17-19H2,1-4,6-12H3/t34-,35+,36-/m1/s1. The SMILES string of the molecule is C=C1C(C(C)=O)=C(C)C[C@@]2(C)C[C@@]3(C)Cc4c(C(C)C)cc(CCCC(OC)OC)c(C)c4C(=O)C3=C(C)[C@@]12C. The van der Waals surface area contributed by atoms with Gasteiger partial charge in [0.2, 0.25) is 0 Å². The number of rotatable bonds is 8. The zero-order valence-corrected chi connectivity index (χ0v) is 26.8. The Morgan fingerprint density at radius 3 is 2.25 bits per heavy atom. The van der Waals surface area contributed by atoms with E-state index in [0.717, 1.165) is 77.5 Å². The number of ketones is 2. The van der Waals surface area contributed by atoms with Gasteiger partial charge in [0.25, 0.3) is 0 Å². The van der Waals surface area contributed by atoms with E-state index in [-0.39, 0.29) is 28.7 Å². The first-order valence-electron chi connectivity index (χ1n) is 15.0. The molecule has 0 heterocycles. The van der Waals surface area contributed by atoms with Crippen LogP contribution < -0.4 is 0 Å². The lowest BCUT2D eigenvalue weighted by Gasteiger charge is -2.61. The van der Waals surface area contributed by atoms with Crippen LogP contribution >= 0.6 is 0 Å². The summed E-state index contributed by atoms with van der Waals surface area (Å²) in [5.74, 6) is 0.577. The average molecular weight is 547 g/mol. The van der Waals surface area contributed by atoms with E-state index in [1.165, 1.54) is 16.7 Å². The third-order valence-corrected chi connectivity index (χ3v) is 10.9. The third kappa shape index (κ3) is 4.41. The Labute approximate surface area is 242 Å². The van der Waals surface area contributed by atoms with Gasteiger partial charge in [-0.25, -0.2) is 0 Å². The van der Waals surface area contributed by atoms with Crippen LogP contribution in [0.25, 0.3) is 0 Å². The highest BCUT2D eigenvalue weighted by Gasteiger charge is 2.61. The Bertz CT molecular complexity index is 1340. The van der Waals surface area contributed by atoms with Crippen molar-refractivity contribution in [3.63, 3.8) is 0 Å². The Morgan fingerprint density at radius 1 is 1.07 bits per heavy atom. The number of allylic oxidation sites excluding steroid dienone is 5. The second-order valence-corrected chi connectivity index (χ2v) is 13.8. The number of carbonyl (C=O) groups excluding carboxylic acids is 2. The van der Waals surface area contributed by atoms with Gasteiger partial charge in [-0.05, 0) is 105 Å². The summed E-state index contributed by atoms with van der Waals surface area (Å²) in [4.78, 5) is 27.5. The van der Waals surface area contributed by atoms with E-state index in [1.54, 1.807) is 21.1 Å². The van der Waals surface area contributed by atoms with Crippen LogP contribution in [0.15, 0.2) is 40.5 Å². The fourth-order valence-electron chi connectivity index (χ4n) is 8.89. The zero-order valence-electron chi connectivity index (χ0n) is 26.8. The molecule has 0 N–H and O–H groups in total. The van der Waals surface area contributed by atoms with Crippen molar-refractivity contribution >= 4 is 11.6 Å². The summed E-state index contributed by atoms with van der Waals surface area (Å²) in [7, 11) is 3.35. The molecule has 0 spiro atoms. The molecular formula is C36H50O4. The second kappa shape index (κ2) is 10.5. The molecule has 40 heavy (non-hydrogen) atoms. The second-order valence-electron chi connectivity index (χ2n) is 13.8. The molecule has 218 valence electrons. The molecule has 0 aliphatic heterocycles. The van der Waals surface area contributed by atoms with E-state index in [2.05, 4.69) is 68.0 Å². The van der Waals surface area contributed by atoms with E-state index in [9.17, 15) is 9.59 Å². The number of aryl methyl sites for hydroxylation is 1. The molecule has 3 aliphatic rings. The predicted octanol–water partition coefficient (Wildman–Crippen LogP) is 8.40. The number of hydrogen-bond donors (Lipinski definition) is 0. The molecule has 0 bridgehead atoms. The lowest BCUT2D eigenvalue weighted by atomic mass is 9.42. The first-order valence-corrected chi connectivity index (χ1v) is 15.0. The predicted molar refractivity (Wildman–Crippen MR) is 163 cm³/mol. The number of methoxy groups -OCH3 is 2. The van der Waals surface area contributed by atoms with Gasteiger partial charge in [0, 0.05) is 41.8 Å². The number of Topliss-reactive ketones (excluding diaryl/α,β-unsaturated/α-hetero) is 2. The molecule has 4 heteroatoms. The van der Waals surface area contributed by atoms with E-state index in [0.29, 0.717) is 5.92 Å². The molecule has 1 aromatic carbocycles. The smallest absolute Gasteiger partial charge is 0.190 e. The summed E-state index contributed by atoms with van der Waals surface area (Å²) in [6.45, 7) is 23.9. The molecule has 0 aromatic heterocycles. The summed E-state index contributed by atoms with van der Waals surface area (Å²) in [5, 5.41) is 0. The normalized spacial score (nSPS) is 28.3. The highest BCUT2D eigenvalue weighted by atomic mass is 16.7. The zero-order chi connectivity index (χ0) is 29.9. The van der Waals surface area contributed by atoms with Crippen LogP contribution in [0, 0.1) is 23.2 Å². The van der Waals surface area contributed by atoms with Gasteiger partial charge < -0.3 is 9.47 Å². The topological polar surface area (TPSA) is 52.6 Å². The molecule has 3 atom stereocenters. The van der Waals surface area contributed by atoms with Crippen LogP contribution in [-0.2, 0) is 27.1 Å². The van der Waals surface area contributed by atoms with Crippen molar-refractivity contribution in [3.8, 4) is 0 Å². The maximum absolute atomic E-state index is 14.8. The molecule has 0 unspecified atom stereocenters. The van der Waals surface area contributed by atoms with Crippen molar-refractivity contribution in [1.82, 2.24) is 0 Å². The van der Waals surface area contributed by atoms with Gasteiger partial charge in [0.15, 0.2) is 17.9 Å². The highest BCUT2D eigenvalue weighted by Crippen LogP contribution is 2.68. The molecule has 4 nitrogen and oxygen atoms in total.